The van der Waals surface area contributed by atoms with Gasteiger partial charge in [0.25, 0.3) is 0 Å². The summed E-state index contributed by atoms with van der Waals surface area (Å²) < 4.78 is 0. The standard InChI is InChI=1S/C18H21NS/c1-13(14-7-10-16(20-2)11-8-14)19-18-12-9-15-5-3-4-6-17(15)18/h3-8,10-11,13,18-19H,9,12H2,1-2H3. The van der Waals surface area contributed by atoms with E-state index in [0.717, 1.165) is 0 Å². The molecule has 0 saturated heterocycles. The molecule has 2 unspecified atom stereocenters. The first-order chi connectivity index (χ1) is 9.78. The van der Waals surface area contributed by atoms with Gasteiger partial charge in [0.2, 0.25) is 0 Å². The van der Waals surface area contributed by atoms with Crippen LogP contribution in [0.25, 0.3) is 0 Å². The van der Waals surface area contributed by atoms with Crippen molar-refractivity contribution in [3.63, 3.8) is 0 Å². The Balaban J connectivity index is 1.71. The maximum atomic E-state index is 3.78. The fourth-order valence-electron chi connectivity index (χ4n) is 3.02. The number of benzene rings is 2. The molecular weight excluding hydrogens is 262 g/mol. The van der Waals surface area contributed by atoms with Crippen LogP contribution in [0.15, 0.2) is 53.4 Å². The van der Waals surface area contributed by atoms with Crippen LogP contribution in [-0.2, 0) is 6.42 Å². The summed E-state index contributed by atoms with van der Waals surface area (Å²) in [6.45, 7) is 2.26. The SMILES string of the molecule is CSc1ccc(C(C)NC2CCc3ccccc32)cc1. The Bertz CT molecular complexity index is 576. The van der Waals surface area contributed by atoms with Gasteiger partial charge >= 0.3 is 0 Å². The molecule has 0 amide bonds. The number of nitrogens with one attached hydrogen (secondary N) is 1. The van der Waals surface area contributed by atoms with E-state index in [1.165, 1.54) is 34.4 Å². The molecule has 2 heteroatoms. The Kier molecular flexibility index (Phi) is 4.13. The first-order valence-electron chi connectivity index (χ1n) is 7.25. The van der Waals surface area contributed by atoms with Crippen molar-refractivity contribution in [2.24, 2.45) is 0 Å². The minimum atomic E-state index is 0.391. The lowest BCUT2D eigenvalue weighted by Crippen LogP contribution is -2.22. The maximum Gasteiger partial charge on any atom is 0.0331 e. The zero-order valence-corrected chi connectivity index (χ0v) is 12.9. The Hall–Kier alpha value is -1.25. The van der Waals surface area contributed by atoms with Crippen LogP contribution in [0.5, 0.6) is 0 Å². The monoisotopic (exact) mass is 283 g/mol. The Labute approximate surface area is 125 Å². The molecule has 0 bridgehead atoms. The van der Waals surface area contributed by atoms with Crippen LogP contribution in [0.4, 0.5) is 0 Å². The van der Waals surface area contributed by atoms with Gasteiger partial charge in [-0.25, -0.2) is 0 Å². The highest BCUT2D eigenvalue weighted by Gasteiger charge is 2.23. The first kappa shape index (κ1) is 13.7. The smallest absolute Gasteiger partial charge is 0.0331 e. The van der Waals surface area contributed by atoms with Crippen molar-refractivity contribution in [3.8, 4) is 0 Å². The van der Waals surface area contributed by atoms with Crippen LogP contribution in [0, 0.1) is 0 Å². The van der Waals surface area contributed by atoms with E-state index in [9.17, 15) is 0 Å². The zero-order valence-electron chi connectivity index (χ0n) is 12.1. The Morgan fingerprint density at radius 3 is 2.60 bits per heavy atom. The third kappa shape index (κ3) is 2.77. The van der Waals surface area contributed by atoms with E-state index in [1.807, 2.05) is 0 Å². The summed E-state index contributed by atoms with van der Waals surface area (Å²) >= 11 is 1.79. The number of aryl methyl sites for hydroxylation is 1. The molecule has 1 nitrogen and oxygen atoms in total. The van der Waals surface area contributed by atoms with Crippen molar-refractivity contribution in [1.82, 2.24) is 5.32 Å². The molecule has 3 rings (SSSR count). The van der Waals surface area contributed by atoms with Gasteiger partial charge in [0.05, 0.1) is 0 Å². The molecule has 0 radical (unpaired) electrons. The molecule has 0 saturated carbocycles. The van der Waals surface area contributed by atoms with Gasteiger partial charge in [-0.2, -0.15) is 0 Å². The molecule has 20 heavy (non-hydrogen) atoms. The van der Waals surface area contributed by atoms with Gasteiger partial charge in [-0.1, -0.05) is 36.4 Å². The summed E-state index contributed by atoms with van der Waals surface area (Å²) in [6.07, 6.45) is 4.53. The van der Waals surface area contributed by atoms with Gasteiger partial charge in [-0.05, 0) is 54.8 Å². The van der Waals surface area contributed by atoms with Crippen LogP contribution in [0.3, 0.4) is 0 Å². The number of thioether (sulfide) groups is 1. The fourth-order valence-corrected chi connectivity index (χ4v) is 3.43. The molecule has 1 N–H and O–H groups in total. The van der Waals surface area contributed by atoms with Crippen molar-refractivity contribution < 1.29 is 0 Å². The summed E-state index contributed by atoms with van der Waals surface area (Å²) in [7, 11) is 0. The molecule has 0 aliphatic heterocycles. The lowest BCUT2D eigenvalue weighted by Gasteiger charge is -2.21. The average molecular weight is 283 g/mol. The van der Waals surface area contributed by atoms with E-state index in [0.29, 0.717) is 12.1 Å². The third-order valence-electron chi connectivity index (χ3n) is 4.20. The van der Waals surface area contributed by atoms with Gasteiger partial charge in [0.1, 0.15) is 0 Å². The molecule has 2 atom stereocenters. The summed E-state index contributed by atoms with van der Waals surface area (Å²) in [5.41, 5.74) is 4.36. The third-order valence-corrected chi connectivity index (χ3v) is 4.94. The highest BCUT2D eigenvalue weighted by atomic mass is 32.2. The van der Waals surface area contributed by atoms with Crippen LogP contribution in [0.1, 0.15) is 42.1 Å². The Morgan fingerprint density at radius 2 is 1.85 bits per heavy atom. The molecule has 0 heterocycles. The lowest BCUT2D eigenvalue weighted by atomic mass is 10.0. The minimum Gasteiger partial charge on any atom is -0.303 e. The fraction of sp³-hybridized carbons (Fsp3) is 0.333. The molecule has 2 aromatic carbocycles. The van der Waals surface area contributed by atoms with E-state index in [-0.39, 0.29) is 0 Å². The molecule has 0 spiro atoms. The maximum absolute atomic E-state index is 3.78. The number of fused-ring (bicyclic) bond motifs is 1. The average Bonchev–Trinajstić information content (AvgIpc) is 2.91. The molecule has 104 valence electrons. The molecular formula is C18H21NS. The van der Waals surface area contributed by atoms with Crippen molar-refractivity contribution in [2.75, 3.05) is 6.26 Å². The lowest BCUT2D eigenvalue weighted by molar-refractivity contribution is 0.465. The number of rotatable bonds is 4. The van der Waals surface area contributed by atoms with Crippen molar-refractivity contribution in [1.29, 1.82) is 0 Å². The normalized spacial score (nSPS) is 18.8. The van der Waals surface area contributed by atoms with Crippen molar-refractivity contribution in [2.45, 2.75) is 36.7 Å². The van der Waals surface area contributed by atoms with Gasteiger partial charge in [0, 0.05) is 17.0 Å². The first-order valence-corrected chi connectivity index (χ1v) is 8.48. The molecule has 2 aromatic rings. The predicted octanol–water partition coefficient (Wildman–Crippen LogP) is 4.75. The van der Waals surface area contributed by atoms with Gasteiger partial charge < -0.3 is 5.32 Å². The summed E-state index contributed by atoms with van der Waals surface area (Å²) in [6, 6.07) is 18.6. The van der Waals surface area contributed by atoms with Gasteiger partial charge in [-0.3, -0.25) is 0 Å². The van der Waals surface area contributed by atoms with Gasteiger partial charge in [-0.15, -0.1) is 11.8 Å². The van der Waals surface area contributed by atoms with Crippen molar-refractivity contribution in [3.05, 3.63) is 65.2 Å². The molecule has 1 aliphatic rings. The zero-order chi connectivity index (χ0) is 13.9. The quantitative estimate of drug-likeness (QED) is 0.813. The number of hydrogen-bond donors (Lipinski definition) is 1. The topological polar surface area (TPSA) is 12.0 Å². The van der Waals surface area contributed by atoms with E-state index in [4.69, 9.17) is 0 Å². The van der Waals surface area contributed by atoms with Crippen LogP contribution in [0.2, 0.25) is 0 Å². The van der Waals surface area contributed by atoms with Crippen LogP contribution < -0.4 is 5.32 Å². The second kappa shape index (κ2) is 6.02. The largest absolute Gasteiger partial charge is 0.303 e. The summed E-state index contributed by atoms with van der Waals surface area (Å²) in [4.78, 5) is 1.33. The van der Waals surface area contributed by atoms with Crippen LogP contribution >= 0.6 is 11.8 Å². The van der Waals surface area contributed by atoms with E-state index in [1.54, 1.807) is 11.8 Å². The summed E-state index contributed by atoms with van der Waals surface area (Å²) in [5, 5.41) is 3.78. The minimum absolute atomic E-state index is 0.391. The van der Waals surface area contributed by atoms with Crippen LogP contribution in [-0.4, -0.2) is 6.26 Å². The summed E-state index contributed by atoms with van der Waals surface area (Å²) in [5.74, 6) is 0. The second-order valence-corrected chi connectivity index (χ2v) is 6.33. The van der Waals surface area contributed by atoms with E-state index >= 15 is 0 Å². The van der Waals surface area contributed by atoms with Gasteiger partial charge in [0.15, 0.2) is 0 Å². The predicted molar refractivity (Wildman–Crippen MR) is 87.3 cm³/mol. The number of hydrogen-bond acceptors (Lipinski definition) is 2. The van der Waals surface area contributed by atoms with Crippen molar-refractivity contribution >= 4 is 11.8 Å². The molecule has 0 fully saturated rings. The highest BCUT2D eigenvalue weighted by Crippen LogP contribution is 2.32. The molecule has 1 aliphatic carbocycles. The van der Waals surface area contributed by atoms with E-state index in [2.05, 4.69) is 67.0 Å². The second-order valence-electron chi connectivity index (χ2n) is 5.45. The highest BCUT2D eigenvalue weighted by molar-refractivity contribution is 7.98. The van der Waals surface area contributed by atoms with E-state index < -0.39 is 0 Å². The molecule has 0 aromatic heterocycles. The Morgan fingerprint density at radius 1 is 1.10 bits per heavy atom.